The Labute approximate surface area is 206 Å². The number of aromatic nitrogens is 1. The number of anilines is 1. The standard InChI is InChI=1S/C26H26F3N5O2/c1-16-23(31-12-11-24(16)36-15-26(27,28)29)14-32-19-7-3-17(4-8-19)21-13-22(34-25(30)33-21)18-5-9-20(35-2)10-6-18/h3-13,22,32H,14-15H2,1-2H3,(H3,30,33,34). The van der Waals surface area contributed by atoms with Gasteiger partial charge in [-0.25, -0.2) is 4.99 Å². The van der Waals surface area contributed by atoms with E-state index in [2.05, 4.69) is 20.6 Å². The minimum atomic E-state index is -4.40. The number of hydrogen-bond acceptors (Lipinski definition) is 7. The number of hydrogen-bond donors (Lipinski definition) is 3. The molecule has 0 saturated carbocycles. The number of methoxy groups -OCH3 is 1. The highest BCUT2D eigenvalue weighted by molar-refractivity contribution is 5.90. The Morgan fingerprint density at radius 2 is 1.78 bits per heavy atom. The quantitative estimate of drug-likeness (QED) is 0.408. The van der Waals surface area contributed by atoms with Crippen molar-refractivity contribution >= 4 is 17.3 Å². The van der Waals surface area contributed by atoms with Crippen LogP contribution in [0.15, 0.2) is 71.9 Å². The summed E-state index contributed by atoms with van der Waals surface area (Å²) in [6.07, 6.45) is -0.963. The van der Waals surface area contributed by atoms with Gasteiger partial charge in [0.05, 0.1) is 25.4 Å². The van der Waals surface area contributed by atoms with Gasteiger partial charge in [0, 0.05) is 23.1 Å². The van der Waals surface area contributed by atoms with E-state index in [0.717, 1.165) is 28.3 Å². The summed E-state index contributed by atoms with van der Waals surface area (Å²) >= 11 is 0. The van der Waals surface area contributed by atoms with Gasteiger partial charge in [-0.2, -0.15) is 13.2 Å². The molecule has 0 radical (unpaired) electrons. The van der Waals surface area contributed by atoms with Gasteiger partial charge in [-0.15, -0.1) is 0 Å². The molecule has 4 rings (SSSR count). The van der Waals surface area contributed by atoms with Gasteiger partial charge < -0.3 is 25.8 Å². The molecule has 2 aromatic carbocycles. The molecule has 2 heterocycles. The van der Waals surface area contributed by atoms with E-state index in [0.29, 0.717) is 23.8 Å². The summed E-state index contributed by atoms with van der Waals surface area (Å²) < 4.78 is 47.6. The van der Waals surface area contributed by atoms with Crippen molar-refractivity contribution in [2.75, 3.05) is 19.0 Å². The smallest absolute Gasteiger partial charge is 0.422 e. The fourth-order valence-electron chi connectivity index (χ4n) is 3.70. The van der Waals surface area contributed by atoms with E-state index in [1.54, 1.807) is 14.0 Å². The van der Waals surface area contributed by atoms with E-state index in [1.165, 1.54) is 12.3 Å². The number of guanidine groups is 1. The molecule has 3 aromatic rings. The Hall–Kier alpha value is -4.21. The third-order valence-corrected chi connectivity index (χ3v) is 5.63. The van der Waals surface area contributed by atoms with Crippen LogP contribution < -0.4 is 25.8 Å². The van der Waals surface area contributed by atoms with E-state index >= 15 is 0 Å². The lowest BCUT2D eigenvalue weighted by molar-refractivity contribution is -0.153. The van der Waals surface area contributed by atoms with Crippen molar-refractivity contribution in [1.29, 1.82) is 0 Å². The SMILES string of the molecule is COc1ccc(C2C=C(c3ccc(NCc4nccc(OCC(F)(F)F)c4C)cc3)NC(N)=N2)cc1. The molecular formula is C26H26F3N5O2. The number of benzene rings is 2. The maximum Gasteiger partial charge on any atom is 0.422 e. The normalized spacial score (nSPS) is 15.4. The Morgan fingerprint density at radius 3 is 2.44 bits per heavy atom. The van der Waals surface area contributed by atoms with Gasteiger partial charge in [0.1, 0.15) is 11.5 Å². The van der Waals surface area contributed by atoms with Crippen molar-refractivity contribution in [2.24, 2.45) is 10.7 Å². The Kier molecular flexibility index (Phi) is 7.33. The van der Waals surface area contributed by atoms with Crippen LogP contribution >= 0.6 is 0 Å². The molecule has 1 atom stereocenters. The molecule has 1 aliphatic heterocycles. The minimum Gasteiger partial charge on any atom is -0.497 e. The number of nitrogens with two attached hydrogens (primary N) is 1. The summed E-state index contributed by atoms with van der Waals surface area (Å²) in [6.45, 7) is 0.671. The third-order valence-electron chi connectivity index (χ3n) is 5.63. The molecule has 0 spiro atoms. The minimum absolute atomic E-state index is 0.162. The van der Waals surface area contributed by atoms with E-state index in [1.807, 2.05) is 54.6 Å². The fraction of sp³-hybridized carbons (Fsp3) is 0.231. The second-order valence-corrected chi connectivity index (χ2v) is 8.15. The first-order chi connectivity index (χ1) is 17.2. The lowest BCUT2D eigenvalue weighted by Gasteiger charge is -2.21. The molecule has 0 saturated heterocycles. The van der Waals surface area contributed by atoms with E-state index in [-0.39, 0.29) is 11.8 Å². The summed E-state index contributed by atoms with van der Waals surface area (Å²) in [5.74, 6) is 1.25. The van der Waals surface area contributed by atoms with Gasteiger partial charge in [0.15, 0.2) is 12.6 Å². The van der Waals surface area contributed by atoms with Crippen molar-refractivity contribution in [1.82, 2.24) is 10.3 Å². The Balaban J connectivity index is 1.43. The average molecular weight is 498 g/mol. The number of alkyl halides is 3. The monoisotopic (exact) mass is 497 g/mol. The van der Waals surface area contributed by atoms with E-state index < -0.39 is 12.8 Å². The van der Waals surface area contributed by atoms with Crippen LogP contribution in [0.1, 0.15) is 28.4 Å². The first-order valence-corrected chi connectivity index (χ1v) is 11.2. The number of rotatable bonds is 8. The summed E-state index contributed by atoms with van der Waals surface area (Å²) in [5, 5.41) is 6.35. The topological polar surface area (TPSA) is 93.8 Å². The first-order valence-electron chi connectivity index (χ1n) is 11.2. The molecule has 0 bridgehead atoms. The van der Waals surface area contributed by atoms with Gasteiger partial charge in [-0.3, -0.25) is 4.98 Å². The van der Waals surface area contributed by atoms with Crippen molar-refractivity contribution < 1.29 is 22.6 Å². The summed E-state index contributed by atoms with van der Waals surface area (Å²) in [4.78, 5) is 8.75. The second-order valence-electron chi connectivity index (χ2n) is 8.15. The zero-order valence-electron chi connectivity index (χ0n) is 19.8. The average Bonchev–Trinajstić information content (AvgIpc) is 2.87. The van der Waals surface area contributed by atoms with Gasteiger partial charge in [0.2, 0.25) is 0 Å². The largest absolute Gasteiger partial charge is 0.497 e. The van der Waals surface area contributed by atoms with Crippen LogP contribution in [0.5, 0.6) is 11.5 Å². The number of nitrogens with zero attached hydrogens (tertiary/aromatic N) is 2. The van der Waals surface area contributed by atoms with Gasteiger partial charge in [0.25, 0.3) is 0 Å². The van der Waals surface area contributed by atoms with Crippen LogP contribution in [-0.4, -0.2) is 30.8 Å². The lowest BCUT2D eigenvalue weighted by Crippen LogP contribution is -2.33. The van der Waals surface area contributed by atoms with Gasteiger partial charge >= 0.3 is 6.18 Å². The van der Waals surface area contributed by atoms with Crippen molar-refractivity contribution in [3.8, 4) is 11.5 Å². The van der Waals surface area contributed by atoms with Gasteiger partial charge in [-0.1, -0.05) is 24.3 Å². The molecule has 4 N–H and O–H groups in total. The Bertz CT molecular complexity index is 1260. The van der Waals surface area contributed by atoms with E-state index in [9.17, 15) is 13.2 Å². The second kappa shape index (κ2) is 10.6. The number of nitrogens with one attached hydrogen (secondary N) is 2. The lowest BCUT2D eigenvalue weighted by atomic mass is 10.0. The first kappa shape index (κ1) is 24.9. The zero-order valence-corrected chi connectivity index (χ0v) is 19.8. The molecule has 1 aliphatic rings. The summed E-state index contributed by atoms with van der Waals surface area (Å²) in [5.41, 5.74) is 10.8. The maximum atomic E-state index is 12.5. The van der Waals surface area contributed by atoms with E-state index in [4.69, 9.17) is 15.2 Å². The molecular weight excluding hydrogens is 471 g/mol. The number of aliphatic imine (C=N–C) groups is 1. The number of pyridine rings is 1. The summed E-state index contributed by atoms with van der Waals surface area (Å²) in [7, 11) is 1.62. The molecule has 1 unspecified atom stereocenters. The molecule has 7 nitrogen and oxygen atoms in total. The molecule has 10 heteroatoms. The molecule has 36 heavy (non-hydrogen) atoms. The fourth-order valence-corrected chi connectivity index (χ4v) is 3.70. The van der Waals surface area contributed by atoms with Crippen LogP contribution in [-0.2, 0) is 6.54 Å². The van der Waals surface area contributed by atoms with Crippen molar-refractivity contribution in [3.05, 3.63) is 89.3 Å². The third kappa shape index (κ3) is 6.26. The molecule has 1 aromatic heterocycles. The number of halogens is 3. The summed E-state index contributed by atoms with van der Waals surface area (Å²) in [6, 6.07) is 16.5. The van der Waals surface area contributed by atoms with Crippen LogP contribution in [0.2, 0.25) is 0 Å². The van der Waals surface area contributed by atoms with Crippen molar-refractivity contribution in [3.63, 3.8) is 0 Å². The van der Waals surface area contributed by atoms with Crippen LogP contribution in [0, 0.1) is 6.92 Å². The van der Waals surface area contributed by atoms with Crippen LogP contribution in [0.4, 0.5) is 18.9 Å². The van der Waals surface area contributed by atoms with Crippen molar-refractivity contribution in [2.45, 2.75) is 25.7 Å². The van der Waals surface area contributed by atoms with Gasteiger partial charge in [-0.05, 0) is 54.5 Å². The molecule has 0 amide bonds. The predicted octanol–water partition coefficient (Wildman–Crippen LogP) is 4.95. The van der Waals surface area contributed by atoms with Crippen LogP contribution in [0.3, 0.4) is 0 Å². The zero-order chi connectivity index (χ0) is 25.7. The molecule has 0 aliphatic carbocycles. The Morgan fingerprint density at radius 1 is 1.06 bits per heavy atom. The highest BCUT2D eigenvalue weighted by Gasteiger charge is 2.28. The van der Waals surface area contributed by atoms with Crippen LogP contribution in [0.25, 0.3) is 5.70 Å². The highest BCUT2D eigenvalue weighted by atomic mass is 19.4. The maximum absolute atomic E-state index is 12.5. The predicted molar refractivity (Wildman–Crippen MR) is 133 cm³/mol. The molecule has 0 fully saturated rings. The molecule has 188 valence electrons. The number of ether oxygens (including phenoxy) is 2. The highest BCUT2D eigenvalue weighted by Crippen LogP contribution is 2.28.